The highest BCUT2D eigenvalue weighted by atomic mass is 79.9. The zero-order valence-corrected chi connectivity index (χ0v) is 5.17. The van der Waals surface area contributed by atoms with Gasteiger partial charge in [0.05, 0.1) is 0 Å². The van der Waals surface area contributed by atoms with Gasteiger partial charge in [0.15, 0.2) is 0 Å². The third-order valence-electron chi connectivity index (χ3n) is 0.261. The second-order valence-corrected chi connectivity index (χ2v) is 1.40. The predicted octanol–water partition coefficient (Wildman–Crippen LogP) is 1.92. The zero-order valence-electron chi connectivity index (χ0n) is 3.59. The summed E-state index contributed by atoms with van der Waals surface area (Å²) in [6, 6.07) is 0. The van der Waals surface area contributed by atoms with Gasteiger partial charge in [-0.1, -0.05) is 12.5 Å². The molecule has 0 rings (SSSR count). The van der Waals surface area contributed by atoms with Crippen molar-refractivity contribution in [2.75, 3.05) is 0 Å². The third-order valence-corrected chi connectivity index (χ3v) is 0.459. The van der Waals surface area contributed by atoms with Crippen LogP contribution in [0, 0.1) is 10.8 Å². The normalized spacial score (nSPS) is 5.67. The average molecular weight is 145 g/mol. The highest BCUT2D eigenvalue weighted by molar-refractivity contribution is 9.12. The predicted molar refractivity (Wildman–Crippen MR) is 31.5 cm³/mol. The van der Waals surface area contributed by atoms with E-state index in [0.717, 1.165) is 5.57 Å². The summed E-state index contributed by atoms with van der Waals surface area (Å²) in [5.41, 5.74) is 0.881. The summed E-state index contributed by atoms with van der Waals surface area (Å²) in [6.07, 6.45) is 0. The summed E-state index contributed by atoms with van der Waals surface area (Å²) in [5, 5.41) is 0. The smallest absolute Gasteiger partial charge is 0.0110 e. The molecule has 0 aliphatic rings. The molecule has 0 aromatic rings. The molecule has 0 saturated heterocycles. The lowest BCUT2D eigenvalue weighted by Gasteiger charge is -1.68. The van der Waals surface area contributed by atoms with Crippen LogP contribution in [0.2, 0.25) is 0 Å². The van der Waals surface area contributed by atoms with Gasteiger partial charge in [0, 0.05) is 15.9 Å². The van der Waals surface area contributed by atoms with Gasteiger partial charge >= 0.3 is 0 Å². The van der Waals surface area contributed by atoms with Crippen LogP contribution in [0.3, 0.4) is 0 Å². The summed E-state index contributed by atoms with van der Waals surface area (Å²) in [4.78, 5) is 2.53. The maximum atomic E-state index is 3.54. The SMILES string of the molecule is C=C(C)C#CBr. The van der Waals surface area contributed by atoms with Gasteiger partial charge in [-0.05, 0) is 17.3 Å². The number of allylic oxidation sites excluding steroid dienone is 1. The first-order valence-electron chi connectivity index (χ1n) is 1.54. The molecular formula is C5H5Br. The van der Waals surface area contributed by atoms with Crippen molar-refractivity contribution in [3.05, 3.63) is 12.2 Å². The standard InChI is InChI=1S/C5H5Br/c1-5(2)3-4-6/h1H2,2H3. The Morgan fingerprint density at radius 2 is 2.33 bits per heavy atom. The van der Waals surface area contributed by atoms with Gasteiger partial charge in [-0.15, -0.1) is 0 Å². The van der Waals surface area contributed by atoms with Crippen molar-refractivity contribution in [2.24, 2.45) is 0 Å². The van der Waals surface area contributed by atoms with E-state index in [1.807, 2.05) is 6.92 Å². The van der Waals surface area contributed by atoms with Gasteiger partial charge < -0.3 is 0 Å². The minimum atomic E-state index is 0.881. The van der Waals surface area contributed by atoms with E-state index in [4.69, 9.17) is 0 Å². The van der Waals surface area contributed by atoms with Crippen LogP contribution in [0.25, 0.3) is 0 Å². The summed E-state index contributed by atoms with van der Waals surface area (Å²) >= 11 is 2.93. The highest BCUT2D eigenvalue weighted by Gasteiger charge is 1.63. The Morgan fingerprint density at radius 3 is 2.33 bits per heavy atom. The lowest BCUT2D eigenvalue weighted by Crippen LogP contribution is -1.54. The van der Waals surface area contributed by atoms with Crippen LogP contribution < -0.4 is 0 Å². The Bertz CT molecular complexity index is 103. The molecule has 1 heteroatoms. The molecule has 0 atom stereocenters. The van der Waals surface area contributed by atoms with Crippen LogP contribution in [-0.4, -0.2) is 0 Å². The molecular weight excluding hydrogens is 140 g/mol. The van der Waals surface area contributed by atoms with E-state index in [0.29, 0.717) is 0 Å². The molecule has 0 amide bonds. The van der Waals surface area contributed by atoms with Gasteiger partial charge in [0.25, 0.3) is 0 Å². The van der Waals surface area contributed by atoms with Crippen LogP contribution in [-0.2, 0) is 0 Å². The van der Waals surface area contributed by atoms with Crippen molar-refractivity contribution in [1.29, 1.82) is 0 Å². The third kappa shape index (κ3) is 3.78. The van der Waals surface area contributed by atoms with Crippen molar-refractivity contribution >= 4 is 15.9 Å². The minimum Gasteiger partial charge on any atom is -0.0877 e. The van der Waals surface area contributed by atoms with Crippen LogP contribution in [0.4, 0.5) is 0 Å². The quantitative estimate of drug-likeness (QED) is 0.456. The van der Waals surface area contributed by atoms with E-state index >= 15 is 0 Å². The van der Waals surface area contributed by atoms with E-state index in [1.54, 1.807) is 0 Å². The van der Waals surface area contributed by atoms with Crippen LogP contribution in [0.15, 0.2) is 12.2 Å². The van der Waals surface area contributed by atoms with Gasteiger partial charge in [-0.25, -0.2) is 0 Å². The largest absolute Gasteiger partial charge is 0.0877 e. The van der Waals surface area contributed by atoms with Crippen LogP contribution in [0.1, 0.15) is 6.92 Å². The fourth-order valence-corrected chi connectivity index (χ4v) is 0.419. The molecule has 0 bridgehead atoms. The first-order valence-corrected chi connectivity index (χ1v) is 2.34. The Balaban J connectivity index is 3.50. The van der Waals surface area contributed by atoms with Crippen LogP contribution >= 0.6 is 15.9 Å². The lowest BCUT2D eigenvalue weighted by atomic mass is 10.4. The number of rotatable bonds is 0. The Hall–Kier alpha value is -0.220. The second-order valence-electron chi connectivity index (χ2n) is 1.000. The summed E-state index contributed by atoms with van der Waals surface area (Å²) < 4.78 is 0. The average Bonchev–Trinajstić information content (AvgIpc) is 1.35. The maximum Gasteiger partial charge on any atom is 0.0110 e. The molecule has 0 spiro atoms. The van der Waals surface area contributed by atoms with E-state index in [2.05, 4.69) is 33.3 Å². The number of halogens is 1. The molecule has 0 saturated carbocycles. The monoisotopic (exact) mass is 144 g/mol. The first-order chi connectivity index (χ1) is 2.77. The second kappa shape index (κ2) is 2.99. The molecule has 0 nitrogen and oxygen atoms in total. The Kier molecular flexibility index (Phi) is 2.88. The van der Waals surface area contributed by atoms with Gasteiger partial charge in [0.2, 0.25) is 0 Å². The first kappa shape index (κ1) is 5.78. The van der Waals surface area contributed by atoms with Crippen LogP contribution in [0.5, 0.6) is 0 Å². The maximum absolute atomic E-state index is 3.54. The van der Waals surface area contributed by atoms with Crippen molar-refractivity contribution < 1.29 is 0 Å². The molecule has 0 aliphatic carbocycles. The van der Waals surface area contributed by atoms with E-state index < -0.39 is 0 Å². The molecule has 0 fully saturated rings. The summed E-state index contributed by atoms with van der Waals surface area (Å²) in [7, 11) is 0. The molecule has 0 aromatic carbocycles. The molecule has 32 valence electrons. The molecule has 0 unspecified atom stereocenters. The van der Waals surface area contributed by atoms with E-state index in [-0.39, 0.29) is 0 Å². The van der Waals surface area contributed by atoms with Crippen molar-refractivity contribution in [1.82, 2.24) is 0 Å². The molecule has 6 heavy (non-hydrogen) atoms. The minimum absolute atomic E-state index is 0.881. The topological polar surface area (TPSA) is 0 Å². The number of hydrogen-bond acceptors (Lipinski definition) is 0. The van der Waals surface area contributed by atoms with E-state index in [1.165, 1.54) is 0 Å². The fraction of sp³-hybridized carbons (Fsp3) is 0.200. The molecule has 0 heterocycles. The van der Waals surface area contributed by atoms with Gasteiger partial charge in [0.1, 0.15) is 0 Å². The van der Waals surface area contributed by atoms with Gasteiger partial charge in [-0.2, -0.15) is 0 Å². The summed E-state index contributed by atoms with van der Waals surface area (Å²) in [6.45, 7) is 5.40. The Morgan fingerprint density at radius 1 is 1.83 bits per heavy atom. The van der Waals surface area contributed by atoms with Crippen molar-refractivity contribution in [3.63, 3.8) is 0 Å². The molecule has 0 aromatic heterocycles. The number of hydrogen-bond donors (Lipinski definition) is 0. The molecule has 0 aliphatic heterocycles. The van der Waals surface area contributed by atoms with Crippen molar-refractivity contribution in [2.45, 2.75) is 6.92 Å². The van der Waals surface area contributed by atoms with Gasteiger partial charge in [-0.3, -0.25) is 0 Å². The van der Waals surface area contributed by atoms with Crippen molar-refractivity contribution in [3.8, 4) is 10.8 Å². The zero-order chi connectivity index (χ0) is 4.99. The fourth-order valence-electron chi connectivity index (χ4n) is 0.0807. The molecule has 0 radical (unpaired) electrons. The molecule has 0 N–H and O–H groups in total. The Labute approximate surface area is 46.4 Å². The van der Waals surface area contributed by atoms with E-state index in [9.17, 15) is 0 Å². The highest BCUT2D eigenvalue weighted by Crippen LogP contribution is 1.80. The lowest BCUT2D eigenvalue weighted by molar-refractivity contribution is 1.63. The summed E-state index contributed by atoms with van der Waals surface area (Å²) in [5.74, 6) is 2.68.